The average Bonchev–Trinajstić information content (AvgIpc) is 3.30. The van der Waals surface area contributed by atoms with Crippen molar-refractivity contribution in [3.63, 3.8) is 0 Å². The molecule has 0 aliphatic rings. The Kier molecular flexibility index (Phi) is 11.1. The van der Waals surface area contributed by atoms with Gasteiger partial charge < -0.3 is 24.6 Å². The largest absolute Gasteiger partial charge is 1.00 e. The number of benzene rings is 1. The van der Waals surface area contributed by atoms with E-state index in [1.54, 1.807) is 0 Å². The maximum atomic E-state index is 13.7. The molecule has 0 aliphatic carbocycles. The van der Waals surface area contributed by atoms with Crippen molar-refractivity contribution in [2.75, 3.05) is 10.6 Å². The van der Waals surface area contributed by atoms with Crippen LogP contribution in [-0.4, -0.2) is 58.2 Å². The minimum absolute atomic E-state index is 0. The van der Waals surface area contributed by atoms with E-state index in [0.29, 0.717) is 16.8 Å². The molecule has 2 aromatic heterocycles. The van der Waals surface area contributed by atoms with Crippen LogP contribution in [0.2, 0.25) is 0 Å². The van der Waals surface area contributed by atoms with Crippen molar-refractivity contribution in [1.29, 1.82) is 0 Å². The molecule has 2 heterocycles. The van der Waals surface area contributed by atoms with Crippen molar-refractivity contribution in [2.24, 2.45) is 0 Å². The number of aromatic nitrogens is 3. The Balaban J connectivity index is 0.00000507. The van der Waals surface area contributed by atoms with E-state index in [-0.39, 0.29) is 59.4 Å². The van der Waals surface area contributed by atoms with Crippen LogP contribution < -0.4 is 39.0 Å². The number of hydrogen-bond donors (Lipinski definition) is 2. The van der Waals surface area contributed by atoms with Crippen molar-refractivity contribution < 1.29 is 67.0 Å². The van der Waals surface area contributed by atoms with Gasteiger partial charge in [0.1, 0.15) is 12.1 Å². The number of halogens is 1. The average molecular weight is 557 g/mol. The summed E-state index contributed by atoms with van der Waals surface area (Å²) in [5.41, 5.74) is 1.49. The van der Waals surface area contributed by atoms with E-state index in [9.17, 15) is 32.9 Å². The molecule has 0 spiro atoms. The number of aliphatic hydroxyl groups excluding tert-OH is 2. The van der Waals surface area contributed by atoms with Crippen molar-refractivity contribution in [3.8, 4) is 11.3 Å². The molecule has 3 rings (SSSR count). The molecule has 0 radical (unpaired) electrons. The fourth-order valence-corrected chi connectivity index (χ4v) is 4.38. The van der Waals surface area contributed by atoms with Crippen LogP contribution >= 0.6 is 0 Å². The maximum Gasteiger partial charge on any atom is 1.00 e. The van der Waals surface area contributed by atoms with E-state index in [1.807, 2.05) is 13.8 Å². The smallest absolute Gasteiger partial charge is 0.550 e. The number of sulfonamides is 1. The number of anilines is 2. The molecule has 0 saturated heterocycles. The molecule has 0 fully saturated rings. The van der Waals surface area contributed by atoms with Crippen LogP contribution in [0.4, 0.5) is 16.2 Å². The summed E-state index contributed by atoms with van der Waals surface area (Å²) in [7, 11) is -3.96. The number of carbonyl (C=O) groups excluding carboxylic acids is 1. The first-order valence-electron chi connectivity index (χ1n) is 11.2. The standard InChI is InChI=1S/C24H27FN4O7S.Na/c1-14(2)22-19(9-8-17(30)12-18(31)13-21(32)33)23(15-4-6-16(25)7-5-15)27-24(26-22)29(37(3,34)35)20-10-11-36-28-20;/h4-11,14,17-18,30-31H,12-13H2,1-3H3,(H,32,33);/q;+1/p-1/b9-8+;/t17-,18-;/m1./s1. The van der Waals surface area contributed by atoms with Gasteiger partial charge in [0, 0.05) is 36.0 Å². The minimum Gasteiger partial charge on any atom is -0.550 e. The quantitative estimate of drug-likeness (QED) is 0.272. The zero-order chi connectivity index (χ0) is 27.3. The Morgan fingerprint density at radius 1 is 1.18 bits per heavy atom. The van der Waals surface area contributed by atoms with E-state index >= 15 is 0 Å². The van der Waals surface area contributed by atoms with Crippen LogP contribution in [0, 0.1) is 5.82 Å². The molecule has 14 heteroatoms. The normalized spacial score (nSPS) is 13.3. The predicted molar refractivity (Wildman–Crippen MR) is 130 cm³/mol. The van der Waals surface area contributed by atoms with Crippen molar-refractivity contribution in [3.05, 3.63) is 59.7 Å². The van der Waals surface area contributed by atoms with Gasteiger partial charge in [-0.3, -0.25) is 0 Å². The maximum absolute atomic E-state index is 13.7. The first kappa shape index (κ1) is 31.5. The molecular formula is C24H26FN4NaO7S. The van der Waals surface area contributed by atoms with E-state index in [1.165, 1.54) is 48.7 Å². The van der Waals surface area contributed by atoms with Crippen LogP contribution in [0.1, 0.15) is 43.9 Å². The van der Waals surface area contributed by atoms with E-state index in [4.69, 9.17) is 4.52 Å². The van der Waals surface area contributed by atoms with Gasteiger partial charge in [0.15, 0.2) is 5.82 Å². The summed E-state index contributed by atoms with van der Waals surface area (Å²) in [5.74, 6) is -2.49. The molecule has 0 unspecified atom stereocenters. The zero-order valence-corrected chi connectivity index (χ0v) is 24.1. The second kappa shape index (κ2) is 13.4. The SMILES string of the molecule is CC(C)c1nc(N(c2ccon2)S(C)(=O)=O)nc(-c2ccc(F)cc2)c1/C=C/[C@@H](O)C[C@@H](O)CC(=O)[O-].[Na+]. The number of nitrogens with zero attached hydrogens (tertiary/aromatic N) is 4. The zero-order valence-electron chi connectivity index (χ0n) is 21.3. The summed E-state index contributed by atoms with van der Waals surface area (Å²) in [6.45, 7) is 3.64. The van der Waals surface area contributed by atoms with Crippen molar-refractivity contribution in [1.82, 2.24) is 15.1 Å². The summed E-state index contributed by atoms with van der Waals surface area (Å²) in [6.07, 6.45) is 1.54. The number of hydrogen-bond acceptors (Lipinski definition) is 10. The molecule has 0 amide bonds. The minimum atomic E-state index is -3.96. The summed E-state index contributed by atoms with van der Waals surface area (Å²) in [5, 5.41) is 34.5. The van der Waals surface area contributed by atoms with E-state index in [0.717, 1.165) is 10.6 Å². The summed E-state index contributed by atoms with van der Waals surface area (Å²) in [4.78, 5) is 19.7. The first-order chi connectivity index (χ1) is 17.4. The van der Waals surface area contributed by atoms with E-state index in [2.05, 4.69) is 15.1 Å². The Morgan fingerprint density at radius 3 is 2.37 bits per heavy atom. The Hall–Kier alpha value is -2.68. The molecule has 0 bridgehead atoms. The van der Waals surface area contributed by atoms with Crippen LogP contribution in [0.5, 0.6) is 0 Å². The third-order valence-corrected chi connectivity index (χ3v) is 6.19. The second-order valence-electron chi connectivity index (χ2n) is 8.61. The molecule has 0 saturated carbocycles. The number of rotatable bonds is 11. The monoisotopic (exact) mass is 556 g/mol. The fourth-order valence-electron chi connectivity index (χ4n) is 3.57. The van der Waals surface area contributed by atoms with Crippen molar-refractivity contribution >= 4 is 33.8 Å². The topological polar surface area (TPSA) is 170 Å². The summed E-state index contributed by atoms with van der Waals surface area (Å²) >= 11 is 0. The van der Waals surface area contributed by atoms with Gasteiger partial charge in [-0.1, -0.05) is 31.2 Å². The molecule has 2 atom stereocenters. The Bertz CT molecular complexity index is 1370. The number of aliphatic carboxylic acids is 1. The Morgan fingerprint density at radius 2 is 1.84 bits per heavy atom. The summed E-state index contributed by atoms with van der Waals surface area (Å²) < 4.78 is 44.7. The van der Waals surface area contributed by atoms with Crippen LogP contribution in [0.15, 0.2) is 47.2 Å². The Labute approximate surface area is 241 Å². The van der Waals surface area contributed by atoms with Gasteiger partial charge in [-0.15, -0.1) is 0 Å². The van der Waals surface area contributed by atoms with Gasteiger partial charge in [0.2, 0.25) is 16.0 Å². The first-order valence-corrected chi connectivity index (χ1v) is 13.0. The van der Waals surface area contributed by atoms with Crippen LogP contribution in [0.3, 0.4) is 0 Å². The van der Waals surface area contributed by atoms with Gasteiger partial charge in [-0.2, -0.15) is 4.31 Å². The number of carbonyl (C=O) groups is 1. The molecule has 2 N–H and O–H groups in total. The third-order valence-electron chi connectivity index (χ3n) is 5.17. The molecule has 0 aliphatic heterocycles. The number of carboxylic acid groups (broad SMARTS) is 1. The van der Waals surface area contributed by atoms with Crippen LogP contribution in [0.25, 0.3) is 17.3 Å². The van der Waals surface area contributed by atoms with Gasteiger partial charge in [-0.05, 0) is 30.2 Å². The van der Waals surface area contributed by atoms with Crippen LogP contribution in [-0.2, 0) is 14.8 Å². The molecule has 198 valence electrons. The second-order valence-corrected chi connectivity index (χ2v) is 10.4. The van der Waals surface area contributed by atoms with Gasteiger partial charge in [-0.25, -0.2) is 22.8 Å². The predicted octanol–water partition coefficient (Wildman–Crippen LogP) is -1.24. The third kappa shape index (κ3) is 8.16. The van der Waals surface area contributed by atoms with Crippen molar-refractivity contribution in [2.45, 2.75) is 44.8 Å². The van der Waals surface area contributed by atoms with Gasteiger partial charge in [0.25, 0.3) is 0 Å². The van der Waals surface area contributed by atoms with Gasteiger partial charge >= 0.3 is 29.6 Å². The fraction of sp³-hybridized carbons (Fsp3) is 0.333. The molecular weight excluding hydrogens is 530 g/mol. The summed E-state index contributed by atoms with van der Waals surface area (Å²) in [6, 6.07) is 6.69. The molecule has 11 nitrogen and oxygen atoms in total. The molecule has 1 aromatic carbocycles. The number of carboxylic acids is 1. The van der Waals surface area contributed by atoms with E-state index < -0.39 is 40.4 Å². The molecule has 38 heavy (non-hydrogen) atoms. The van der Waals surface area contributed by atoms with Gasteiger partial charge in [0.05, 0.1) is 29.9 Å². The number of aliphatic hydroxyl groups is 2. The molecule has 3 aromatic rings.